The Morgan fingerprint density at radius 1 is 1.07 bits per heavy atom. The lowest BCUT2D eigenvalue weighted by atomic mass is 9.98. The highest BCUT2D eigenvalue weighted by Crippen LogP contribution is 2.35. The monoisotopic (exact) mass is 408 g/mol. The summed E-state index contributed by atoms with van der Waals surface area (Å²) in [5.74, 6) is 1.37. The van der Waals surface area contributed by atoms with Crippen LogP contribution in [0.4, 0.5) is 10.2 Å². The molecule has 1 unspecified atom stereocenters. The Hall–Kier alpha value is -2.93. The van der Waals surface area contributed by atoms with E-state index in [2.05, 4.69) is 27.5 Å². The second kappa shape index (κ2) is 7.72. The number of rotatable bonds is 5. The highest BCUT2D eigenvalue weighted by atomic mass is 19.1. The Morgan fingerprint density at radius 3 is 2.57 bits per heavy atom. The maximum atomic E-state index is 12.4. The molecule has 2 saturated heterocycles. The number of aromatic hydroxyl groups is 1. The first kappa shape index (κ1) is 19.1. The van der Waals surface area contributed by atoms with Gasteiger partial charge in [-0.25, -0.2) is 4.39 Å². The lowest BCUT2D eigenvalue weighted by Gasteiger charge is -2.36. The van der Waals surface area contributed by atoms with Gasteiger partial charge in [0.1, 0.15) is 11.5 Å². The second-order valence-corrected chi connectivity index (χ2v) is 8.28. The Labute approximate surface area is 174 Å². The number of anilines is 1. The van der Waals surface area contributed by atoms with Crippen molar-refractivity contribution in [3.8, 4) is 22.8 Å². The van der Waals surface area contributed by atoms with E-state index >= 15 is 0 Å². The zero-order chi connectivity index (χ0) is 20.7. The van der Waals surface area contributed by atoms with Crippen molar-refractivity contribution >= 4 is 16.6 Å². The van der Waals surface area contributed by atoms with Crippen molar-refractivity contribution in [2.45, 2.75) is 43.8 Å². The number of piperidine rings is 1. The molecule has 156 valence electrons. The Bertz CT molecular complexity index is 1050. The number of hydrogen-bond acceptors (Lipinski definition) is 6. The average Bonchev–Trinajstić information content (AvgIpc) is 3.10. The molecule has 2 fully saturated rings. The molecule has 2 aromatic carbocycles. The number of fused-ring (bicyclic) bond motifs is 3. The minimum absolute atomic E-state index is 0.102. The smallest absolute Gasteiger partial charge is 0.228 e. The van der Waals surface area contributed by atoms with Gasteiger partial charge in [0.25, 0.3) is 0 Å². The number of benzene rings is 2. The first-order valence-electron chi connectivity index (χ1n) is 10.4. The number of nitrogens with one attached hydrogen (secondary N) is 1. The fourth-order valence-corrected chi connectivity index (χ4v) is 4.81. The number of hydrogen-bond donors (Lipinski definition) is 2. The van der Waals surface area contributed by atoms with Crippen LogP contribution in [0.15, 0.2) is 42.5 Å². The minimum atomic E-state index is -0.884. The molecule has 5 rings (SSSR count). The maximum Gasteiger partial charge on any atom is 0.228 e. The van der Waals surface area contributed by atoms with E-state index in [9.17, 15) is 9.50 Å². The molecule has 30 heavy (non-hydrogen) atoms. The third kappa shape index (κ3) is 3.54. The molecule has 2 aliphatic heterocycles. The molecule has 1 aromatic heterocycles. The number of nitrogens with zero attached hydrogens (tertiary/aromatic N) is 3. The highest BCUT2D eigenvalue weighted by Gasteiger charge is 2.35. The standard InChI is InChI=1S/C23H25FN4O2/c1-28(18-11-16-3-4-17(12-18)25-16)23-7-6-21(26-27-23)20-9-14-2-5-19(30-13-24)8-15(14)10-22(20)29/h2,5-10,16-18,25,29H,3-4,11-13H2,1H3/t16-,17+,18?. The predicted octanol–water partition coefficient (Wildman–Crippen LogP) is 4.03. The van der Waals surface area contributed by atoms with Crippen LogP contribution >= 0.6 is 0 Å². The fourth-order valence-electron chi connectivity index (χ4n) is 4.81. The number of aromatic nitrogens is 2. The third-order valence-corrected chi connectivity index (χ3v) is 6.43. The minimum Gasteiger partial charge on any atom is -0.507 e. The Morgan fingerprint density at radius 2 is 1.87 bits per heavy atom. The number of phenols is 1. The van der Waals surface area contributed by atoms with Gasteiger partial charge >= 0.3 is 0 Å². The first-order chi connectivity index (χ1) is 14.6. The third-order valence-electron chi connectivity index (χ3n) is 6.43. The quantitative estimate of drug-likeness (QED) is 0.664. The van der Waals surface area contributed by atoms with Crippen LogP contribution in [0, 0.1) is 0 Å². The maximum absolute atomic E-state index is 12.4. The number of phenolic OH excluding ortho intramolecular Hbond substituents is 1. The van der Waals surface area contributed by atoms with Crippen LogP contribution in [0.1, 0.15) is 25.7 Å². The lowest BCUT2D eigenvalue weighted by Crippen LogP contribution is -2.47. The van der Waals surface area contributed by atoms with Gasteiger partial charge in [0.05, 0.1) is 5.69 Å². The van der Waals surface area contributed by atoms with Crippen molar-refractivity contribution in [1.29, 1.82) is 0 Å². The molecule has 0 saturated carbocycles. The number of halogens is 1. The van der Waals surface area contributed by atoms with Gasteiger partial charge < -0.3 is 20.1 Å². The molecule has 2 aliphatic rings. The van der Waals surface area contributed by atoms with Crippen molar-refractivity contribution in [3.05, 3.63) is 42.5 Å². The van der Waals surface area contributed by atoms with E-state index in [1.165, 1.54) is 12.8 Å². The van der Waals surface area contributed by atoms with E-state index in [1.54, 1.807) is 18.2 Å². The molecule has 3 aromatic rings. The summed E-state index contributed by atoms with van der Waals surface area (Å²) in [6, 6.07) is 14.3. The molecule has 3 atom stereocenters. The first-order valence-corrected chi connectivity index (χ1v) is 10.4. The molecule has 2 N–H and O–H groups in total. The molecule has 7 heteroatoms. The van der Waals surface area contributed by atoms with Gasteiger partial charge in [-0.15, -0.1) is 10.2 Å². The fraction of sp³-hybridized carbons (Fsp3) is 0.391. The number of alkyl halides is 1. The van der Waals surface area contributed by atoms with E-state index < -0.39 is 6.86 Å². The molecule has 0 spiro atoms. The van der Waals surface area contributed by atoms with Crippen molar-refractivity contribution < 1.29 is 14.2 Å². The van der Waals surface area contributed by atoms with Gasteiger partial charge in [-0.05, 0) is 72.9 Å². The SMILES string of the molecule is CN(c1ccc(-c2cc3ccc(OCF)cc3cc2O)nn1)C1C[C@H]2CC[C@@H](C1)N2. The van der Waals surface area contributed by atoms with Crippen LogP contribution in [0.3, 0.4) is 0 Å². The predicted molar refractivity (Wildman–Crippen MR) is 115 cm³/mol. The summed E-state index contributed by atoms with van der Waals surface area (Å²) in [5.41, 5.74) is 1.23. The van der Waals surface area contributed by atoms with Crippen molar-refractivity contribution in [3.63, 3.8) is 0 Å². The molecule has 6 nitrogen and oxygen atoms in total. The van der Waals surface area contributed by atoms with E-state index in [0.29, 0.717) is 35.1 Å². The molecule has 0 amide bonds. The summed E-state index contributed by atoms with van der Waals surface area (Å²) in [6.07, 6.45) is 4.80. The summed E-state index contributed by atoms with van der Waals surface area (Å²) >= 11 is 0. The van der Waals surface area contributed by atoms with Crippen LogP contribution in [-0.4, -0.2) is 47.3 Å². The normalized spacial score (nSPS) is 22.9. The van der Waals surface area contributed by atoms with Crippen LogP contribution < -0.4 is 15.0 Å². The zero-order valence-electron chi connectivity index (χ0n) is 16.9. The van der Waals surface area contributed by atoms with Gasteiger partial charge in [0, 0.05) is 30.7 Å². The van der Waals surface area contributed by atoms with Gasteiger partial charge in [-0.1, -0.05) is 6.07 Å². The topological polar surface area (TPSA) is 70.5 Å². The highest BCUT2D eigenvalue weighted by molar-refractivity contribution is 5.90. The van der Waals surface area contributed by atoms with Crippen LogP contribution in [0.25, 0.3) is 22.0 Å². The zero-order valence-corrected chi connectivity index (χ0v) is 16.9. The molecule has 0 aliphatic carbocycles. The molecule has 3 heterocycles. The van der Waals surface area contributed by atoms with Gasteiger partial charge in [-0.3, -0.25) is 0 Å². The second-order valence-electron chi connectivity index (χ2n) is 8.28. The summed E-state index contributed by atoms with van der Waals surface area (Å²) in [7, 11) is 2.09. The average molecular weight is 408 g/mol. The summed E-state index contributed by atoms with van der Waals surface area (Å²) < 4.78 is 17.3. The van der Waals surface area contributed by atoms with E-state index in [-0.39, 0.29) is 5.75 Å². The van der Waals surface area contributed by atoms with E-state index in [0.717, 1.165) is 29.4 Å². The van der Waals surface area contributed by atoms with E-state index in [1.807, 2.05) is 24.3 Å². The van der Waals surface area contributed by atoms with E-state index in [4.69, 9.17) is 4.74 Å². The lowest BCUT2D eigenvalue weighted by molar-refractivity contribution is 0.192. The Kier molecular flexibility index (Phi) is 4.90. The van der Waals surface area contributed by atoms with Crippen LogP contribution in [0.2, 0.25) is 0 Å². The molecule has 2 bridgehead atoms. The summed E-state index contributed by atoms with van der Waals surface area (Å²) in [4.78, 5) is 2.23. The molecule has 0 radical (unpaired) electrons. The molecular formula is C23H25FN4O2. The largest absolute Gasteiger partial charge is 0.507 e. The van der Waals surface area contributed by atoms with Crippen LogP contribution in [0.5, 0.6) is 11.5 Å². The van der Waals surface area contributed by atoms with Crippen molar-refractivity contribution in [2.75, 3.05) is 18.8 Å². The van der Waals surface area contributed by atoms with Gasteiger partial charge in [0.2, 0.25) is 6.86 Å². The van der Waals surface area contributed by atoms with Crippen molar-refractivity contribution in [1.82, 2.24) is 15.5 Å². The number of ether oxygens (including phenoxy) is 1. The molecular weight excluding hydrogens is 383 g/mol. The van der Waals surface area contributed by atoms with Gasteiger partial charge in [0.15, 0.2) is 5.82 Å². The van der Waals surface area contributed by atoms with Crippen molar-refractivity contribution in [2.24, 2.45) is 0 Å². The summed E-state index contributed by atoms with van der Waals surface area (Å²) in [6.45, 7) is -0.884. The Balaban J connectivity index is 1.39. The van der Waals surface area contributed by atoms with Gasteiger partial charge in [-0.2, -0.15) is 0 Å². The van der Waals surface area contributed by atoms with Crippen LogP contribution in [-0.2, 0) is 0 Å². The summed E-state index contributed by atoms with van der Waals surface area (Å²) in [5, 5.41) is 24.7.